The number of nitrogens with one attached hydrogen (secondary N) is 1. The fourth-order valence-corrected chi connectivity index (χ4v) is 2.52. The van der Waals surface area contributed by atoms with E-state index in [1.165, 1.54) is 16.6 Å². The van der Waals surface area contributed by atoms with Crippen molar-refractivity contribution in [2.75, 3.05) is 14.1 Å². The van der Waals surface area contributed by atoms with Crippen LogP contribution in [0, 0.1) is 0 Å². The number of hydrogen-bond donors (Lipinski definition) is 1. The molecule has 0 amide bonds. The summed E-state index contributed by atoms with van der Waals surface area (Å²) in [6.45, 7) is 7.76. The van der Waals surface area contributed by atoms with E-state index in [0.29, 0.717) is 0 Å². The van der Waals surface area contributed by atoms with E-state index in [4.69, 9.17) is 0 Å². The highest BCUT2D eigenvalue weighted by Gasteiger charge is 2.23. The smallest absolute Gasteiger partial charge is 0.0532 e. The van der Waals surface area contributed by atoms with Crippen molar-refractivity contribution in [3.05, 3.63) is 36.0 Å². The molecule has 19 heavy (non-hydrogen) atoms. The van der Waals surface area contributed by atoms with E-state index in [0.717, 1.165) is 13.0 Å². The third-order valence-electron chi connectivity index (χ3n) is 4.04. The van der Waals surface area contributed by atoms with Crippen molar-refractivity contribution in [3.63, 3.8) is 0 Å². The van der Waals surface area contributed by atoms with Crippen molar-refractivity contribution in [3.8, 4) is 0 Å². The van der Waals surface area contributed by atoms with E-state index in [2.05, 4.69) is 73.2 Å². The zero-order valence-electron chi connectivity index (χ0n) is 12.7. The van der Waals surface area contributed by atoms with Crippen LogP contribution in [0.1, 0.15) is 32.9 Å². The zero-order valence-corrected chi connectivity index (χ0v) is 12.7. The minimum atomic E-state index is 0.132. The van der Waals surface area contributed by atoms with Gasteiger partial charge in [-0.25, -0.2) is 5.01 Å². The Morgan fingerprint density at radius 1 is 1.26 bits per heavy atom. The van der Waals surface area contributed by atoms with Gasteiger partial charge in [-0.3, -0.25) is 5.43 Å². The molecule has 0 radical (unpaired) electrons. The first kappa shape index (κ1) is 14.1. The first-order valence-corrected chi connectivity index (χ1v) is 6.98. The molecule has 0 aliphatic carbocycles. The van der Waals surface area contributed by atoms with Crippen LogP contribution in [0.5, 0.6) is 0 Å². The topological polar surface area (TPSA) is 20.2 Å². The maximum absolute atomic E-state index is 3.17. The number of para-hydroxylation sites is 1. The largest absolute Gasteiger partial charge is 0.338 e. The number of nitrogens with zero attached hydrogens (tertiary/aromatic N) is 2. The summed E-state index contributed by atoms with van der Waals surface area (Å²) >= 11 is 0. The van der Waals surface area contributed by atoms with Crippen molar-refractivity contribution in [1.29, 1.82) is 0 Å². The summed E-state index contributed by atoms with van der Waals surface area (Å²) in [5.41, 5.74) is 5.99. The highest BCUT2D eigenvalue weighted by atomic mass is 15.5. The molecule has 0 bridgehead atoms. The molecule has 0 spiro atoms. The highest BCUT2D eigenvalue weighted by molar-refractivity contribution is 5.81. The Bertz CT molecular complexity index is 554. The Hall–Kier alpha value is -1.32. The summed E-state index contributed by atoms with van der Waals surface area (Å²) in [5.74, 6) is 0. The first-order valence-electron chi connectivity index (χ1n) is 6.98. The molecule has 1 aromatic carbocycles. The number of hydrazine groups is 1. The lowest BCUT2D eigenvalue weighted by atomic mass is 10.0. The normalized spacial score (nSPS) is 12.5. The summed E-state index contributed by atoms with van der Waals surface area (Å²) in [7, 11) is 4.03. The van der Waals surface area contributed by atoms with Crippen LogP contribution in [0.3, 0.4) is 0 Å². The van der Waals surface area contributed by atoms with E-state index in [1.54, 1.807) is 0 Å². The maximum atomic E-state index is 3.17. The van der Waals surface area contributed by atoms with Crippen molar-refractivity contribution < 1.29 is 0 Å². The predicted molar refractivity (Wildman–Crippen MR) is 82.1 cm³/mol. The van der Waals surface area contributed by atoms with Gasteiger partial charge in [0, 0.05) is 23.8 Å². The average Bonchev–Trinajstić information content (AvgIpc) is 2.76. The molecule has 1 N–H and O–H groups in total. The molecule has 1 heterocycles. The van der Waals surface area contributed by atoms with Crippen LogP contribution in [0.25, 0.3) is 10.9 Å². The summed E-state index contributed by atoms with van der Waals surface area (Å²) in [6.07, 6.45) is 1.11. The minimum absolute atomic E-state index is 0.132. The van der Waals surface area contributed by atoms with Crippen LogP contribution >= 0.6 is 0 Å². The molecule has 0 unspecified atom stereocenters. The monoisotopic (exact) mass is 259 g/mol. The third-order valence-corrected chi connectivity index (χ3v) is 4.04. The third kappa shape index (κ3) is 2.67. The van der Waals surface area contributed by atoms with E-state index >= 15 is 0 Å². The van der Waals surface area contributed by atoms with E-state index in [9.17, 15) is 0 Å². The van der Waals surface area contributed by atoms with E-state index in [1.807, 2.05) is 7.05 Å². The van der Waals surface area contributed by atoms with Crippen molar-refractivity contribution in [2.24, 2.45) is 0 Å². The molecule has 0 aliphatic heterocycles. The molecule has 0 atom stereocenters. The zero-order chi connectivity index (χ0) is 14.0. The molecule has 0 aliphatic rings. The number of aromatic nitrogens is 1. The molecule has 2 rings (SSSR count). The van der Waals surface area contributed by atoms with E-state index < -0.39 is 0 Å². The summed E-state index contributed by atoms with van der Waals surface area (Å²) in [6, 6.07) is 10.9. The molecule has 104 valence electrons. The van der Waals surface area contributed by atoms with Gasteiger partial charge in [0.2, 0.25) is 0 Å². The lowest BCUT2D eigenvalue weighted by molar-refractivity contribution is 0.234. The maximum Gasteiger partial charge on any atom is 0.0532 e. The molecular formula is C16H25N3. The van der Waals surface area contributed by atoms with Gasteiger partial charge < -0.3 is 4.57 Å². The van der Waals surface area contributed by atoms with Gasteiger partial charge in [-0.1, -0.05) is 25.1 Å². The van der Waals surface area contributed by atoms with Gasteiger partial charge in [0.25, 0.3) is 0 Å². The Morgan fingerprint density at radius 2 is 1.95 bits per heavy atom. The fraction of sp³-hybridized carbons (Fsp3) is 0.500. The highest BCUT2D eigenvalue weighted by Crippen LogP contribution is 2.30. The molecule has 3 heteroatoms. The Labute approximate surface area is 116 Å². The van der Waals surface area contributed by atoms with Crippen LogP contribution in [0.4, 0.5) is 0 Å². The van der Waals surface area contributed by atoms with Gasteiger partial charge in [-0.15, -0.1) is 0 Å². The second-order valence-corrected chi connectivity index (χ2v) is 5.78. The lowest BCUT2D eigenvalue weighted by Gasteiger charge is -2.30. The van der Waals surface area contributed by atoms with Gasteiger partial charge in [0.1, 0.15) is 0 Å². The molecule has 1 aromatic heterocycles. The molecule has 0 saturated heterocycles. The molecular weight excluding hydrogens is 234 g/mol. The average molecular weight is 259 g/mol. The van der Waals surface area contributed by atoms with Crippen LogP contribution < -0.4 is 5.43 Å². The first-order chi connectivity index (χ1) is 8.99. The minimum Gasteiger partial charge on any atom is -0.338 e. The Morgan fingerprint density at radius 3 is 2.58 bits per heavy atom. The quantitative estimate of drug-likeness (QED) is 0.831. The standard InChI is InChI=1S/C16H25N3/c1-6-16(2,3)19-14(12-18(5)17-4)11-13-9-7-8-10-15(13)19/h7-11,17H,6,12H2,1-5H3. The number of benzene rings is 1. The van der Waals surface area contributed by atoms with Crippen LogP contribution in [0.2, 0.25) is 0 Å². The van der Waals surface area contributed by atoms with Crippen LogP contribution in [-0.4, -0.2) is 23.7 Å². The number of hydrogen-bond acceptors (Lipinski definition) is 2. The van der Waals surface area contributed by atoms with Gasteiger partial charge in [-0.2, -0.15) is 0 Å². The Kier molecular flexibility index (Phi) is 3.97. The molecule has 3 nitrogen and oxygen atoms in total. The van der Waals surface area contributed by atoms with Crippen molar-refractivity contribution in [2.45, 2.75) is 39.3 Å². The van der Waals surface area contributed by atoms with Crippen molar-refractivity contribution >= 4 is 10.9 Å². The summed E-state index contributed by atoms with van der Waals surface area (Å²) < 4.78 is 2.48. The molecule has 0 saturated carbocycles. The second-order valence-electron chi connectivity index (χ2n) is 5.78. The van der Waals surface area contributed by atoms with Gasteiger partial charge in [0.05, 0.1) is 6.54 Å². The van der Waals surface area contributed by atoms with Gasteiger partial charge >= 0.3 is 0 Å². The number of rotatable bonds is 5. The van der Waals surface area contributed by atoms with Crippen LogP contribution in [-0.2, 0) is 12.1 Å². The van der Waals surface area contributed by atoms with Gasteiger partial charge in [0.15, 0.2) is 0 Å². The summed E-state index contributed by atoms with van der Waals surface area (Å²) in [4.78, 5) is 0. The number of fused-ring (bicyclic) bond motifs is 1. The summed E-state index contributed by atoms with van der Waals surface area (Å²) in [5, 5.41) is 3.43. The lowest BCUT2D eigenvalue weighted by Crippen LogP contribution is -2.33. The second kappa shape index (κ2) is 5.35. The fourth-order valence-electron chi connectivity index (χ4n) is 2.52. The predicted octanol–water partition coefficient (Wildman–Crippen LogP) is 3.35. The molecule has 0 fully saturated rings. The SMILES string of the molecule is CCC(C)(C)n1c(CN(C)NC)cc2ccccc21. The molecule has 2 aromatic rings. The van der Waals surface area contributed by atoms with Gasteiger partial charge in [-0.05, 0) is 44.8 Å². The Balaban J connectivity index is 2.58. The van der Waals surface area contributed by atoms with Crippen molar-refractivity contribution in [1.82, 2.24) is 15.0 Å². The van der Waals surface area contributed by atoms with E-state index in [-0.39, 0.29) is 5.54 Å². The van der Waals surface area contributed by atoms with Crippen LogP contribution in [0.15, 0.2) is 30.3 Å².